The van der Waals surface area contributed by atoms with E-state index in [2.05, 4.69) is 18.8 Å². The molecule has 0 fully saturated rings. The van der Waals surface area contributed by atoms with Crippen molar-refractivity contribution in [1.82, 2.24) is 4.98 Å². The van der Waals surface area contributed by atoms with E-state index in [1.165, 1.54) is 6.07 Å². The minimum atomic E-state index is -1.23. The van der Waals surface area contributed by atoms with Gasteiger partial charge in [0.2, 0.25) is 11.1 Å². The summed E-state index contributed by atoms with van der Waals surface area (Å²) in [7, 11) is 0. The molecule has 0 unspecified atom stereocenters. The number of nitrogens with two attached hydrogens (primary N) is 1. The Bertz CT molecular complexity index is 989. The van der Waals surface area contributed by atoms with E-state index in [0.29, 0.717) is 16.9 Å². The van der Waals surface area contributed by atoms with Gasteiger partial charge in [-0.25, -0.2) is 4.79 Å². The number of nitrogens with zero attached hydrogens (tertiary/aromatic N) is 1. The molecule has 1 aromatic carbocycles. The Balaban J connectivity index is 2.32. The van der Waals surface area contributed by atoms with Gasteiger partial charge >= 0.3 is 5.97 Å². The van der Waals surface area contributed by atoms with Crippen LogP contribution in [0.15, 0.2) is 33.5 Å². The van der Waals surface area contributed by atoms with E-state index in [1.54, 1.807) is 12.1 Å². The van der Waals surface area contributed by atoms with Crippen LogP contribution in [-0.4, -0.2) is 16.1 Å². The number of benzene rings is 1. The number of fused-ring (bicyclic) bond motifs is 2. The minimum Gasteiger partial charge on any atom is -0.478 e. The van der Waals surface area contributed by atoms with E-state index in [-0.39, 0.29) is 27.9 Å². The van der Waals surface area contributed by atoms with E-state index in [1.807, 2.05) is 6.07 Å². The Morgan fingerprint density at radius 2 is 2.04 bits per heavy atom. The van der Waals surface area contributed by atoms with Gasteiger partial charge in [-0.2, -0.15) is 4.98 Å². The molecule has 0 bridgehead atoms. The number of hydrogen-bond donors (Lipinski definition) is 2. The number of rotatable bonds is 3. The highest BCUT2D eigenvalue weighted by Gasteiger charge is 2.16. The van der Waals surface area contributed by atoms with Gasteiger partial charge in [-0.3, -0.25) is 4.79 Å². The van der Waals surface area contributed by atoms with Gasteiger partial charge in [-0.05, 0) is 36.1 Å². The predicted octanol–water partition coefficient (Wildman–Crippen LogP) is 2.82. The maximum Gasteiger partial charge on any atom is 0.339 e. The number of hydrogen-bond acceptors (Lipinski definition) is 5. The highest BCUT2D eigenvalue weighted by molar-refractivity contribution is 5.98. The summed E-state index contributed by atoms with van der Waals surface area (Å²) in [5, 5.41) is 9.65. The number of aromatic nitrogens is 1. The average Bonchev–Trinajstić information content (AvgIpc) is 2.46. The average molecular weight is 312 g/mol. The lowest BCUT2D eigenvalue weighted by Gasteiger charge is -2.07. The van der Waals surface area contributed by atoms with Crippen LogP contribution in [0, 0.1) is 5.92 Å². The Labute approximate surface area is 131 Å². The van der Waals surface area contributed by atoms with Crippen molar-refractivity contribution in [1.29, 1.82) is 0 Å². The van der Waals surface area contributed by atoms with Gasteiger partial charge < -0.3 is 15.3 Å². The fourth-order valence-electron chi connectivity index (χ4n) is 2.61. The Kier molecular flexibility index (Phi) is 3.52. The minimum absolute atomic E-state index is 0.0432. The standard InChI is InChI=1S/C17H16N2O4/c1-8(2)5-9-3-4-13-10(6-9)14(20)11-7-12(17(21)22)15(18)19-16(11)23-13/h3-4,6-8H,5H2,1-2H3,(H2,18,19)(H,21,22). The van der Waals surface area contributed by atoms with Gasteiger partial charge in [-0.1, -0.05) is 19.9 Å². The molecule has 6 nitrogen and oxygen atoms in total. The van der Waals surface area contributed by atoms with Crippen molar-refractivity contribution in [2.45, 2.75) is 20.3 Å². The number of carboxylic acid groups (broad SMARTS) is 1. The van der Waals surface area contributed by atoms with Crippen molar-refractivity contribution >= 4 is 33.9 Å². The van der Waals surface area contributed by atoms with Crippen molar-refractivity contribution < 1.29 is 14.3 Å². The molecule has 23 heavy (non-hydrogen) atoms. The molecule has 0 aliphatic rings. The molecule has 0 spiro atoms. The molecule has 0 aliphatic carbocycles. The topological polar surface area (TPSA) is 106 Å². The first-order valence-corrected chi connectivity index (χ1v) is 7.26. The van der Waals surface area contributed by atoms with E-state index in [4.69, 9.17) is 15.3 Å². The van der Waals surface area contributed by atoms with Crippen LogP contribution >= 0.6 is 0 Å². The van der Waals surface area contributed by atoms with Crippen LogP contribution in [0.5, 0.6) is 0 Å². The zero-order valence-corrected chi connectivity index (χ0v) is 12.8. The first-order chi connectivity index (χ1) is 10.9. The second kappa shape index (κ2) is 5.39. The van der Waals surface area contributed by atoms with Crippen LogP contribution in [0.3, 0.4) is 0 Å². The molecule has 3 N–H and O–H groups in total. The van der Waals surface area contributed by atoms with E-state index >= 15 is 0 Å². The third kappa shape index (κ3) is 2.63. The maximum absolute atomic E-state index is 12.7. The largest absolute Gasteiger partial charge is 0.478 e. The number of pyridine rings is 1. The maximum atomic E-state index is 12.7. The van der Waals surface area contributed by atoms with Crippen LogP contribution in [-0.2, 0) is 6.42 Å². The van der Waals surface area contributed by atoms with Crippen molar-refractivity contribution in [3.8, 4) is 0 Å². The molecule has 3 aromatic rings. The molecular formula is C17H16N2O4. The number of aromatic carboxylic acids is 1. The summed E-state index contributed by atoms with van der Waals surface area (Å²) in [6.45, 7) is 4.19. The fraction of sp³-hybridized carbons (Fsp3) is 0.235. The Hall–Kier alpha value is -2.89. The first kappa shape index (κ1) is 15.0. The van der Waals surface area contributed by atoms with E-state index < -0.39 is 5.97 Å². The molecule has 0 aliphatic heterocycles. The van der Waals surface area contributed by atoms with Crippen LogP contribution in [0.25, 0.3) is 22.1 Å². The van der Waals surface area contributed by atoms with Crippen LogP contribution < -0.4 is 11.2 Å². The summed E-state index contributed by atoms with van der Waals surface area (Å²) >= 11 is 0. The third-order valence-corrected chi connectivity index (χ3v) is 3.63. The first-order valence-electron chi connectivity index (χ1n) is 7.26. The zero-order valence-electron chi connectivity index (χ0n) is 12.8. The third-order valence-electron chi connectivity index (χ3n) is 3.63. The SMILES string of the molecule is CC(C)Cc1ccc2oc3nc(N)c(C(=O)O)cc3c(=O)c2c1. The molecule has 6 heteroatoms. The summed E-state index contributed by atoms with van der Waals surface area (Å²) in [4.78, 5) is 27.8. The van der Waals surface area contributed by atoms with E-state index in [9.17, 15) is 9.59 Å². The van der Waals surface area contributed by atoms with E-state index in [0.717, 1.165) is 12.0 Å². The highest BCUT2D eigenvalue weighted by atomic mass is 16.4. The summed E-state index contributed by atoms with van der Waals surface area (Å²) < 4.78 is 5.62. The van der Waals surface area contributed by atoms with Gasteiger partial charge in [0.15, 0.2) is 0 Å². The number of carboxylic acids is 1. The molecule has 118 valence electrons. The molecule has 0 amide bonds. The number of nitrogen functional groups attached to an aromatic ring is 1. The van der Waals surface area contributed by atoms with Crippen molar-refractivity contribution in [2.75, 3.05) is 5.73 Å². The molecule has 2 heterocycles. The predicted molar refractivity (Wildman–Crippen MR) is 87.7 cm³/mol. The molecule has 3 rings (SSSR count). The lowest BCUT2D eigenvalue weighted by Crippen LogP contribution is -2.10. The van der Waals surface area contributed by atoms with Crippen LogP contribution in [0.2, 0.25) is 0 Å². The van der Waals surface area contributed by atoms with Gasteiger partial charge in [0.05, 0.1) is 10.8 Å². The van der Waals surface area contributed by atoms with Crippen molar-refractivity contribution in [3.05, 3.63) is 45.6 Å². The summed E-state index contributed by atoms with van der Waals surface area (Å²) in [6.07, 6.45) is 0.841. The fourth-order valence-corrected chi connectivity index (χ4v) is 2.61. The highest BCUT2D eigenvalue weighted by Crippen LogP contribution is 2.22. The van der Waals surface area contributed by atoms with Crippen molar-refractivity contribution in [3.63, 3.8) is 0 Å². The number of carbonyl (C=O) groups is 1. The zero-order chi connectivity index (χ0) is 16.7. The normalized spacial score (nSPS) is 11.4. The molecule has 2 aromatic heterocycles. The molecular weight excluding hydrogens is 296 g/mol. The van der Waals surface area contributed by atoms with Gasteiger partial charge in [-0.15, -0.1) is 0 Å². The van der Waals surface area contributed by atoms with Gasteiger partial charge in [0.25, 0.3) is 0 Å². The van der Waals surface area contributed by atoms with Crippen LogP contribution in [0.4, 0.5) is 5.82 Å². The van der Waals surface area contributed by atoms with Gasteiger partial charge in [0, 0.05) is 0 Å². The van der Waals surface area contributed by atoms with Gasteiger partial charge in [0.1, 0.15) is 17.0 Å². The lowest BCUT2D eigenvalue weighted by atomic mass is 10.0. The van der Waals surface area contributed by atoms with Crippen LogP contribution in [0.1, 0.15) is 29.8 Å². The molecule has 0 saturated carbocycles. The lowest BCUT2D eigenvalue weighted by molar-refractivity contribution is 0.0698. The number of anilines is 1. The summed E-state index contributed by atoms with van der Waals surface area (Å²) in [5.74, 6) is -0.950. The second-order valence-electron chi connectivity index (χ2n) is 5.94. The molecule has 0 saturated heterocycles. The summed E-state index contributed by atoms with van der Waals surface area (Å²) in [5.41, 5.74) is 6.58. The molecule has 0 atom stereocenters. The second-order valence-corrected chi connectivity index (χ2v) is 5.94. The molecule has 0 radical (unpaired) electrons. The summed E-state index contributed by atoms with van der Waals surface area (Å²) in [6, 6.07) is 6.65. The monoisotopic (exact) mass is 312 g/mol. The Morgan fingerprint density at radius 3 is 2.70 bits per heavy atom. The van der Waals surface area contributed by atoms with Crippen molar-refractivity contribution in [2.24, 2.45) is 5.92 Å². The Morgan fingerprint density at radius 1 is 1.30 bits per heavy atom. The quantitative estimate of drug-likeness (QED) is 0.720. The smallest absolute Gasteiger partial charge is 0.339 e.